The van der Waals surface area contributed by atoms with Gasteiger partial charge in [-0.3, -0.25) is 0 Å². The first-order valence-corrected chi connectivity index (χ1v) is 6.40. The van der Waals surface area contributed by atoms with E-state index < -0.39 is 0 Å². The molecule has 0 saturated heterocycles. The molecule has 0 saturated carbocycles. The SMILES string of the molecule is Cc1cc(F)ccc1COc1cc(F)ccc1C(C)N. The molecule has 0 bridgehead atoms. The van der Waals surface area contributed by atoms with Crippen molar-refractivity contribution in [2.75, 3.05) is 0 Å². The number of ether oxygens (including phenoxy) is 1. The minimum absolute atomic E-state index is 0.245. The smallest absolute Gasteiger partial charge is 0.127 e. The summed E-state index contributed by atoms with van der Waals surface area (Å²) in [5.74, 6) is -0.239. The first-order valence-electron chi connectivity index (χ1n) is 6.40. The van der Waals surface area contributed by atoms with Gasteiger partial charge < -0.3 is 10.5 Å². The molecule has 2 N–H and O–H groups in total. The van der Waals surface area contributed by atoms with Gasteiger partial charge in [-0.25, -0.2) is 8.78 Å². The Hall–Kier alpha value is -1.94. The maximum Gasteiger partial charge on any atom is 0.127 e. The Bertz CT molecular complexity index is 611. The second-order valence-corrected chi connectivity index (χ2v) is 4.83. The molecular weight excluding hydrogens is 260 g/mol. The van der Waals surface area contributed by atoms with Gasteiger partial charge in [0.2, 0.25) is 0 Å². The molecule has 0 heterocycles. The van der Waals surface area contributed by atoms with Gasteiger partial charge in [-0.2, -0.15) is 0 Å². The molecule has 2 aromatic rings. The van der Waals surface area contributed by atoms with Crippen molar-refractivity contribution in [1.82, 2.24) is 0 Å². The number of benzene rings is 2. The second-order valence-electron chi connectivity index (χ2n) is 4.83. The van der Waals surface area contributed by atoms with Crippen LogP contribution < -0.4 is 10.5 Å². The Morgan fingerprint density at radius 2 is 1.75 bits per heavy atom. The largest absolute Gasteiger partial charge is 0.488 e. The van der Waals surface area contributed by atoms with E-state index in [9.17, 15) is 8.78 Å². The molecule has 0 radical (unpaired) electrons. The van der Waals surface area contributed by atoms with Crippen LogP contribution in [0.25, 0.3) is 0 Å². The molecule has 1 atom stereocenters. The molecule has 2 aromatic carbocycles. The van der Waals surface area contributed by atoms with Crippen LogP contribution in [0.2, 0.25) is 0 Å². The zero-order valence-electron chi connectivity index (χ0n) is 11.5. The zero-order chi connectivity index (χ0) is 14.7. The highest BCUT2D eigenvalue weighted by Gasteiger charge is 2.10. The Balaban J connectivity index is 2.20. The van der Waals surface area contributed by atoms with Crippen molar-refractivity contribution in [1.29, 1.82) is 0 Å². The summed E-state index contributed by atoms with van der Waals surface area (Å²) in [6.45, 7) is 3.86. The van der Waals surface area contributed by atoms with E-state index in [1.165, 1.54) is 24.3 Å². The van der Waals surface area contributed by atoms with Gasteiger partial charge >= 0.3 is 0 Å². The van der Waals surface area contributed by atoms with Crippen molar-refractivity contribution in [3.63, 3.8) is 0 Å². The molecule has 0 aliphatic heterocycles. The first-order chi connectivity index (χ1) is 9.47. The van der Waals surface area contributed by atoms with Crippen LogP contribution in [0.5, 0.6) is 5.75 Å². The molecule has 0 spiro atoms. The molecule has 4 heteroatoms. The highest BCUT2D eigenvalue weighted by atomic mass is 19.1. The number of halogens is 2. The highest BCUT2D eigenvalue weighted by Crippen LogP contribution is 2.26. The predicted octanol–water partition coefficient (Wildman–Crippen LogP) is 3.87. The van der Waals surface area contributed by atoms with E-state index in [1.807, 2.05) is 6.92 Å². The van der Waals surface area contributed by atoms with Crippen molar-refractivity contribution in [2.45, 2.75) is 26.5 Å². The van der Waals surface area contributed by atoms with Crippen molar-refractivity contribution < 1.29 is 13.5 Å². The highest BCUT2D eigenvalue weighted by molar-refractivity contribution is 5.36. The number of hydrogen-bond donors (Lipinski definition) is 1. The molecule has 106 valence electrons. The molecule has 2 nitrogen and oxygen atoms in total. The first kappa shape index (κ1) is 14.5. The lowest BCUT2D eigenvalue weighted by Crippen LogP contribution is -2.08. The van der Waals surface area contributed by atoms with Crippen LogP contribution in [-0.4, -0.2) is 0 Å². The van der Waals surface area contributed by atoms with Crippen LogP contribution in [0.4, 0.5) is 8.78 Å². The molecule has 20 heavy (non-hydrogen) atoms. The third kappa shape index (κ3) is 3.33. The van der Waals surface area contributed by atoms with Crippen molar-refractivity contribution >= 4 is 0 Å². The fourth-order valence-corrected chi connectivity index (χ4v) is 1.99. The Kier molecular flexibility index (Phi) is 4.35. The van der Waals surface area contributed by atoms with Gasteiger partial charge in [0, 0.05) is 17.7 Å². The third-order valence-corrected chi connectivity index (χ3v) is 3.15. The molecular formula is C16H17F2NO. The van der Waals surface area contributed by atoms with Gasteiger partial charge in [-0.05, 0) is 43.2 Å². The average molecular weight is 277 g/mol. The lowest BCUT2D eigenvalue weighted by Gasteiger charge is -2.15. The van der Waals surface area contributed by atoms with Crippen LogP contribution in [-0.2, 0) is 6.61 Å². The molecule has 0 amide bonds. The topological polar surface area (TPSA) is 35.2 Å². The number of aryl methyl sites for hydroxylation is 1. The summed E-state index contributed by atoms with van der Waals surface area (Å²) < 4.78 is 32.0. The van der Waals surface area contributed by atoms with E-state index in [0.29, 0.717) is 5.75 Å². The standard InChI is InChI=1S/C16H17F2NO/c1-10-7-13(17)4-3-12(10)9-20-16-8-14(18)5-6-15(16)11(2)19/h3-8,11H,9,19H2,1-2H3. The van der Waals surface area contributed by atoms with E-state index in [-0.39, 0.29) is 24.3 Å². The molecule has 2 rings (SSSR count). The average Bonchev–Trinajstić information content (AvgIpc) is 2.37. The van der Waals surface area contributed by atoms with Crippen LogP contribution in [0.1, 0.15) is 29.7 Å². The summed E-state index contributed by atoms with van der Waals surface area (Å²) in [6.07, 6.45) is 0. The van der Waals surface area contributed by atoms with E-state index >= 15 is 0 Å². The van der Waals surface area contributed by atoms with Crippen LogP contribution in [0, 0.1) is 18.6 Å². The van der Waals surface area contributed by atoms with E-state index in [1.54, 1.807) is 19.1 Å². The predicted molar refractivity (Wildman–Crippen MR) is 74.5 cm³/mol. The maximum absolute atomic E-state index is 13.3. The molecule has 0 aromatic heterocycles. The van der Waals surface area contributed by atoms with Gasteiger partial charge in [-0.1, -0.05) is 12.1 Å². The molecule has 0 aliphatic rings. The Labute approximate surface area is 117 Å². The lowest BCUT2D eigenvalue weighted by atomic mass is 10.1. The van der Waals surface area contributed by atoms with Crippen molar-refractivity contribution in [3.05, 3.63) is 64.7 Å². The van der Waals surface area contributed by atoms with Gasteiger partial charge in [0.1, 0.15) is 24.0 Å². The van der Waals surface area contributed by atoms with Crippen LogP contribution >= 0.6 is 0 Å². The summed E-state index contributed by atoms with van der Waals surface area (Å²) in [4.78, 5) is 0. The summed E-state index contributed by atoms with van der Waals surface area (Å²) in [6, 6.07) is 8.52. The van der Waals surface area contributed by atoms with Gasteiger partial charge in [0.25, 0.3) is 0 Å². The second kappa shape index (κ2) is 6.01. The quantitative estimate of drug-likeness (QED) is 0.920. The van der Waals surface area contributed by atoms with E-state index in [2.05, 4.69) is 0 Å². The minimum Gasteiger partial charge on any atom is -0.488 e. The van der Waals surface area contributed by atoms with E-state index in [0.717, 1.165) is 16.7 Å². The monoisotopic (exact) mass is 277 g/mol. The number of rotatable bonds is 4. The summed E-state index contributed by atoms with van der Waals surface area (Å²) in [5, 5.41) is 0. The van der Waals surface area contributed by atoms with E-state index in [4.69, 9.17) is 10.5 Å². The van der Waals surface area contributed by atoms with Gasteiger partial charge in [0.05, 0.1) is 0 Å². The summed E-state index contributed by atoms with van der Waals surface area (Å²) in [7, 11) is 0. The van der Waals surface area contributed by atoms with Crippen LogP contribution in [0.15, 0.2) is 36.4 Å². The number of hydrogen-bond acceptors (Lipinski definition) is 2. The fourth-order valence-electron chi connectivity index (χ4n) is 1.99. The zero-order valence-corrected chi connectivity index (χ0v) is 11.5. The number of nitrogens with two attached hydrogens (primary N) is 1. The summed E-state index contributed by atoms with van der Waals surface area (Å²) >= 11 is 0. The molecule has 0 aliphatic carbocycles. The normalized spacial score (nSPS) is 12.2. The lowest BCUT2D eigenvalue weighted by molar-refractivity contribution is 0.299. The van der Waals surface area contributed by atoms with Gasteiger partial charge in [-0.15, -0.1) is 0 Å². The fraction of sp³-hybridized carbons (Fsp3) is 0.250. The maximum atomic E-state index is 13.3. The van der Waals surface area contributed by atoms with Crippen LogP contribution in [0.3, 0.4) is 0 Å². The Morgan fingerprint density at radius 1 is 1.10 bits per heavy atom. The minimum atomic E-state index is -0.375. The summed E-state index contributed by atoms with van der Waals surface area (Å²) in [5.41, 5.74) is 8.22. The van der Waals surface area contributed by atoms with Crippen molar-refractivity contribution in [2.24, 2.45) is 5.73 Å². The molecule has 0 fully saturated rings. The Morgan fingerprint density at radius 3 is 2.40 bits per heavy atom. The van der Waals surface area contributed by atoms with Crippen molar-refractivity contribution in [3.8, 4) is 5.75 Å². The third-order valence-electron chi connectivity index (χ3n) is 3.15. The van der Waals surface area contributed by atoms with Gasteiger partial charge in [0.15, 0.2) is 0 Å². The molecule has 1 unspecified atom stereocenters.